The van der Waals surface area contributed by atoms with Crippen LogP contribution in [0.2, 0.25) is 0 Å². The Balaban J connectivity index is 2.50. The number of ether oxygens (including phenoxy) is 1. The molecule has 0 unspecified atom stereocenters. The van der Waals surface area contributed by atoms with E-state index in [0.29, 0.717) is 6.42 Å². The molecule has 1 rings (SSSR count). The lowest BCUT2D eigenvalue weighted by atomic mass is 10.1. The van der Waals surface area contributed by atoms with Gasteiger partial charge < -0.3 is 4.74 Å². The molecule has 0 spiro atoms. The summed E-state index contributed by atoms with van der Waals surface area (Å²) in [6, 6.07) is 1.85. The van der Waals surface area contributed by atoms with Gasteiger partial charge >= 0.3 is 12.1 Å². The number of nitrogens with zero attached hydrogens (tertiary/aromatic N) is 1. The van der Waals surface area contributed by atoms with E-state index in [1.165, 1.54) is 0 Å². The number of alkyl halides is 3. The minimum Gasteiger partial charge on any atom is -0.466 e. The van der Waals surface area contributed by atoms with Crippen molar-refractivity contribution in [1.29, 1.82) is 0 Å². The Morgan fingerprint density at radius 1 is 1.25 bits per heavy atom. The molecule has 0 saturated carbocycles. The number of rotatable bonds is 6. The van der Waals surface area contributed by atoms with Gasteiger partial charge in [0, 0.05) is 24.6 Å². The summed E-state index contributed by atoms with van der Waals surface area (Å²) in [7, 11) is 0. The fourth-order valence-electron chi connectivity index (χ4n) is 1.50. The molecule has 0 amide bonds. The zero-order valence-electron chi connectivity index (χ0n) is 10.9. The van der Waals surface area contributed by atoms with Crippen LogP contribution in [0, 0.1) is 0 Å². The fraction of sp³-hybridized carbons (Fsp3) is 0.462. The molecule has 110 valence electrons. The molecule has 1 aromatic rings. The number of carbonyl (C=O) groups excluding carboxylic acids is 2. The minimum absolute atomic E-state index is 0.0614. The van der Waals surface area contributed by atoms with E-state index >= 15 is 0 Å². The number of Topliss-reactive ketones (excluding diaryl/α,β-unsaturated/α-hetero) is 1. The molecular formula is C13H14F3NO3. The first kappa shape index (κ1) is 16.1. The van der Waals surface area contributed by atoms with Crippen LogP contribution in [0.4, 0.5) is 13.2 Å². The quantitative estimate of drug-likeness (QED) is 0.596. The van der Waals surface area contributed by atoms with Crippen molar-refractivity contribution in [3.8, 4) is 0 Å². The molecule has 0 aliphatic rings. The van der Waals surface area contributed by atoms with Gasteiger partial charge in [-0.05, 0) is 25.5 Å². The molecule has 0 N–H and O–H groups in total. The van der Waals surface area contributed by atoms with Crippen LogP contribution in [-0.2, 0) is 15.7 Å². The largest absolute Gasteiger partial charge is 0.466 e. The maximum Gasteiger partial charge on any atom is 0.433 e. The molecule has 4 nitrogen and oxygen atoms in total. The Labute approximate surface area is 114 Å². The van der Waals surface area contributed by atoms with Gasteiger partial charge in [0.25, 0.3) is 0 Å². The van der Waals surface area contributed by atoms with Crippen LogP contribution < -0.4 is 0 Å². The molecule has 7 heteroatoms. The summed E-state index contributed by atoms with van der Waals surface area (Å²) in [5.74, 6) is -0.749. The third kappa shape index (κ3) is 4.99. The summed E-state index contributed by atoms with van der Waals surface area (Å²) < 4.78 is 41.6. The molecule has 20 heavy (non-hydrogen) atoms. The van der Waals surface area contributed by atoms with Crippen molar-refractivity contribution < 1.29 is 27.5 Å². The zero-order valence-corrected chi connectivity index (χ0v) is 10.9. The highest BCUT2D eigenvalue weighted by Gasteiger charge is 2.32. The predicted octanol–water partition coefficient (Wildman–Crippen LogP) is 3.02. The van der Waals surface area contributed by atoms with E-state index in [4.69, 9.17) is 4.74 Å². The number of hydrogen-bond donors (Lipinski definition) is 0. The second-order valence-electron chi connectivity index (χ2n) is 4.01. The van der Waals surface area contributed by atoms with Crippen LogP contribution in [0.25, 0.3) is 0 Å². The van der Waals surface area contributed by atoms with Crippen molar-refractivity contribution in [1.82, 2.24) is 4.98 Å². The van der Waals surface area contributed by atoms with Gasteiger partial charge in [-0.1, -0.05) is 0 Å². The van der Waals surface area contributed by atoms with Gasteiger partial charge in [-0.25, -0.2) is 0 Å². The van der Waals surface area contributed by atoms with Gasteiger partial charge in [-0.15, -0.1) is 0 Å². The predicted molar refractivity (Wildman–Crippen MR) is 64.1 cm³/mol. The molecule has 0 fully saturated rings. The maximum atomic E-state index is 12.3. The van der Waals surface area contributed by atoms with E-state index in [-0.39, 0.29) is 30.8 Å². The van der Waals surface area contributed by atoms with E-state index in [1.807, 2.05) is 0 Å². The summed E-state index contributed by atoms with van der Waals surface area (Å²) in [4.78, 5) is 25.9. The molecule has 0 bridgehead atoms. The number of carbonyl (C=O) groups is 2. The zero-order chi connectivity index (χ0) is 15.2. The number of pyridine rings is 1. The second kappa shape index (κ2) is 7.02. The molecule has 0 aliphatic heterocycles. The van der Waals surface area contributed by atoms with Gasteiger partial charge in [-0.2, -0.15) is 13.2 Å². The highest BCUT2D eigenvalue weighted by Crippen LogP contribution is 2.27. The van der Waals surface area contributed by atoms with Crippen LogP contribution in [0.3, 0.4) is 0 Å². The first-order chi connectivity index (χ1) is 9.34. The molecule has 1 aromatic heterocycles. The average Bonchev–Trinajstić information content (AvgIpc) is 2.38. The highest BCUT2D eigenvalue weighted by molar-refractivity contribution is 5.95. The fourth-order valence-corrected chi connectivity index (χ4v) is 1.50. The highest BCUT2D eigenvalue weighted by atomic mass is 19.4. The maximum absolute atomic E-state index is 12.3. The molecule has 0 atom stereocenters. The first-order valence-corrected chi connectivity index (χ1v) is 6.06. The third-order valence-corrected chi connectivity index (χ3v) is 2.47. The van der Waals surface area contributed by atoms with Crippen LogP contribution in [-0.4, -0.2) is 23.3 Å². The number of halogens is 3. The number of aromatic nitrogens is 1. The molecule has 1 heterocycles. The Kier molecular flexibility index (Phi) is 5.66. The average molecular weight is 289 g/mol. The van der Waals surface area contributed by atoms with Gasteiger partial charge in [-0.3, -0.25) is 14.6 Å². The van der Waals surface area contributed by atoms with Crippen LogP contribution in [0.15, 0.2) is 18.3 Å². The normalized spacial score (nSPS) is 11.2. The lowest BCUT2D eigenvalue weighted by Gasteiger charge is -2.06. The molecular weight excluding hydrogens is 275 g/mol. The summed E-state index contributed by atoms with van der Waals surface area (Å²) in [5.41, 5.74) is -0.942. The van der Waals surface area contributed by atoms with Crippen LogP contribution in [0.1, 0.15) is 42.2 Å². The van der Waals surface area contributed by atoms with Crippen molar-refractivity contribution in [2.75, 3.05) is 6.61 Å². The van der Waals surface area contributed by atoms with E-state index in [2.05, 4.69) is 4.98 Å². The van der Waals surface area contributed by atoms with E-state index in [1.54, 1.807) is 6.92 Å². The Bertz CT molecular complexity index is 469. The van der Waals surface area contributed by atoms with E-state index in [0.717, 1.165) is 18.3 Å². The van der Waals surface area contributed by atoms with Gasteiger partial charge in [0.15, 0.2) is 5.78 Å². The van der Waals surface area contributed by atoms with E-state index < -0.39 is 17.8 Å². The topological polar surface area (TPSA) is 56.3 Å². The lowest BCUT2D eigenvalue weighted by molar-refractivity contribution is -0.143. The van der Waals surface area contributed by atoms with Crippen molar-refractivity contribution in [3.05, 3.63) is 29.6 Å². The lowest BCUT2D eigenvalue weighted by Crippen LogP contribution is -2.09. The van der Waals surface area contributed by atoms with Gasteiger partial charge in [0.1, 0.15) is 5.69 Å². The summed E-state index contributed by atoms with van der Waals surface area (Å²) in [6.45, 7) is 1.95. The first-order valence-electron chi connectivity index (χ1n) is 6.06. The Morgan fingerprint density at radius 2 is 1.95 bits per heavy atom. The smallest absolute Gasteiger partial charge is 0.433 e. The van der Waals surface area contributed by atoms with E-state index in [9.17, 15) is 22.8 Å². The Hall–Kier alpha value is -1.92. The van der Waals surface area contributed by atoms with Crippen LogP contribution >= 0.6 is 0 Å². The van der Waals surface area contributed by atoms with Crippen molar-refractivity contribution in [2.24, 2.45) is 0 Å². The second-order valence-corrected chi connectivity index (χ2v) is 4.01. The van der Waals surface area contributed by atoms with Crippen molar-refractivity contribution >= 4 is 11.8 Å². The SMILES string of the molecule is CCOC(=O)CCCC(=O)c1ccc(C(F)(F)F)nc1. The minimum atomic E-state index is -4.52. The summed E-state index contributed by atoms with van der Waals surface area (Å²) >= 11 is 0. The van der Waals surface area contributed by atoms with Crippen molar-refractivity contribution in [2.45, 2.75) is 32.4 Å². The third-order valence-electron chi connectivity index (χ3n) is 2.47. The molecule has 0 aliphatic carbocycles. The van der Waals surface area contributed by atoms with Crippen molar-refractivity contribution in [3.63, 3.8) is 0 Å². The number of hydrogen-bond acceptors (Lipinski definition) is 4. The number of esters is 1. The molecule has 0 aromatic carbocycles. The molecule has 0 radical (unpaired) electrons. The standard InChI is InChI=1S/C13H14F3NO3/c1-2-20-12(19)5-3-4-10(18)9-6-7-11(17-8-9)13(14,15)16/h6-8H,2-5H2,1H3. The monoisotopic (exact) mass is 289 g/mol. The summed E-state index contributed by atoms with van der Waals surface area (Å²) in [6.07, 6.45) is -3.17. The van der Waals surface area contributed by atoms with Gasteiger partial charge in [0.05, 0.1) is 6.61 Å². The number of ketones is 1. The summed E-state index contributed by atoms with van der Waals surface area (Å²) in [5, 5.41) is 0. The Morgan fingerprint density at radius 3 is 2.45 bits per heavy atom. The van der Waals surface area contributed by atoms with Gasteiger partial charge in [0.2, 0.25) is 0 Å². The van der Waals surface area contributed by atoms with Crippen LogP contribution in [0.5, 0.6) is 0 Å². The molecule has 0 saturated heterocycles.